The first-order valence-electron chi connectivity index (χ1n) is 3.25. The van der Waals surface area contributed by atoms with Crippen molar-refractivity contribution in [1.29, 1.82) is 0 Å². The Balaban J connectivity index is 0.000001000. The number of benzene rings is 1. The molecule has 0 saturated carbocycles. The Morgan fingerprint density at radius 3 is 2.45 bits per heavy atom. The largest absolute Gasteiger partial charge is 0.392 e. The minimum absolute atomic E-state index is 0. The van der Waals surface area contributed by atoms with Crippen LogP contribution in [0.5, 0.6) is 0 Å². The summed E-state index contributed by atoms with van der Waals surface area (Å²) in [7, 11) is 0. The molecule has 0 unspecified atom stereocenters. The van der Waals surface area contributed by atoms with Gasteiger partial charge in [-0.25, -0.2) is 0 Å². The molecule has 1 rings (SSSR count). The lowest BCUT2D eigenvalue weighted by Gasteiger charge is -1.98. The highest BCUT2D eigenvalue weighted by atomic mass is 16.3. The van der Waals surface area contributed by atoms with Crippen molar-refractivity contribution in [1.82, 2.24) is 0 Å². The van der Waals surface area contributed by atoms with Gasteiger partial charge in [0, 0.05) is 6.54 Å². The standard InChI is InChI=1S/C8H11NO.CH4/c9-5-7-2-1-3-8(4-7)6-10;/h1-4,10H,5-6,9H2;1H4. The molecule has 0 aliphatic carbocycles. The maximum absolute atomic E-state index is 8.72. The van der Waals surface area contributed by atoms with Crippen LogP contribution in [-0.2, 0) is 13.2 Å². The average molecular weight is 153 g/mol. The predicted molar refractivity (Wildman–Crippen MR) is 47.0 cm³/mol. The summed E-state index contributed by atoms with van der Waals surface area (Å²) in [5.74, 6) is 0. The van der Waals surface area contributed by atoms with Gasteiger partial charge in [-0.05, 0) is 11.1 Å². The van der Waals surface area contributed by atoms with Crippen LogP contribution in [-0.4, -0.2) is 5.11 Å². The van der Waals surface area contributed by atoms with Crippen LogP contribution in [0.3, 0.4) is 0 Å². The molecule has 0 aliphatic heterocycles. The van der Waals surface area contributed by atoms with Gasteiger partial charge >= 0.3 is 0 Å². The third kappa shape index (κ3) is 2.70. The summed E-state index contributed by atoms with van der Waals surface area (Å²) in [6.45, 7) is 0.627. The van der Waals surface area contributed by atoms with Crippen LogP contribution in [0, 0.1) is 0 Å². The van der Waals surface area contributed by atoms with Crippen molar-refractivity contribution >= 4 is 0 Å². The van der Waals surface area contributed by atoms with E-state index in [1.165, 1.54) is 0 Å². The Bertz CT molecular complexity index is 191. The van der Waals surface area contributed by atoms with E-state index >= 15 is 0 Å². The van der Waals surface area contributed by atoms with Crippen LogP contribution in [0.4, 0.5) is 0 Å². The van der Waals surface area contributed by atoms with Gasteiger partial charge in [0.25, 0.3) is 0 Å². The van der Waals surface area contributed by atoms with Gasteiger partial charge in [0.1, 0.15) is 0 Å². The molecule has 0 aromatic heterocycles. The number of hydrogen-bond acceptors (Lipinski definition) is 2. The first-order chi connectivity index (χ1) is 4.86. The molecule has 0 bridgehead atoms. The quantitative estimate of drug-likeness (QED) is 0.672. The summed E-state index contributed by atoms with van der Waals surface area (Å²) < 4.78 is 0. The second-order valence-corrected chi connectivity index (χ2v) is 2.18. The molecule has 0 radical (unpaired) electrons. The number of nitrogens with two attached hydrogens (primary N) is 1. The molecule has 0 aliphatic rings. The van der Waals surface area contributed by atoms with Gasteiger partial charge in [-0.1, -0.05) is 31.7 Å². The van der Waals surface area contributed by atoms with E-state index in [1.54, 1.807) is 0 Å². The molecule has 0 amide bonds. The summed E-state index contributed by atoms with van der Waals surface area (Å²) in [5, 5.41) is 8.72. The third-order valence-electron chi connectivity index (χ3n) is 1.41. The van der Waals surface area contributed by atoms with E-state index in [0.717, 1.165) is 11.1 Å². The highest BCUT2D eigenvalue weighted by Crippen LogP contribution is 2.03. The van der Waals surface area contributed by atoms with E-state index in [4.69, 9.17) is 10.8 Å². The number of aliphatic hydroxyl groups is 1. The van der Waals surface area contributed by atoms with E-state index in [-0.39, 0.29) is 14.0 Å². The summed E-state index contributed by atoms with van der Waals surface area (Å²) in [5.41, 5.74) is 7.37. The summed E-state index contributed by atoms with van der Waals surface area (Å²) in [6, 6.07) is 7.62. The van der Waals surface area contributed by atoms with Crippen molar-refractivity contribution < 1.29 is 5.11 Å². The van der Waals surface area contributed by atoms with Gasteiger partial charge in [-0.3, -0.25) is 0 Å². The molecule has 2 nitrogen and oxygen atoms in total. The molecule has 1 aromatic rings. The highest BCUT2D eigenvalue weighted by Gasteiger charge is 1.90. The van der Waals surface area contributed by atoms with Crippen molar-refractivity contribution in [2.24, 2.45) is 5.73 Å². The van der Waals surface area contributed by atoms with E-state index in [1.807, 2.05) is 24.3 Å². The highest BCUT2D eigenvalue weighted by molar-refractivity contribution is 5.22. The van der Waals surface area contributed by atoms with Gasteiger partial charge < -0.3 is 10.8 Å². The smallest absolute Gasteiger partial charge is 0.0681 e. The Labute approximate surface area is 67.7 Å². The Morgan fingerprint density at radius 1 is 1.27 bits per heavy atom. The van der Waals surface area contributed by atoms with Crippen LogP contribution >= 0.6 is 0 Å². The van der Waals surface area contributed by atoms with Gasteiger partial charge in [0.2, 0.25) is 0 Å². The minimum atomic E-state index is 0. The molecule has 11 heavy (non-hydrogen) atoms. The molecule has 2 heteroatoms. The topological polar surface area (TPSA) is 46.2 Å². The molecular weight excluding hydrogens is 138 g/mol. The molecule has 0 atom stereocenters. The maximum Gasteiger partial charge on any atom is 0.0681 e. The zero-order chi connectivity index (χ0) is 7.40. The second-order valence-electron chi connectivity index (χ2n) is 2.18. The molecule has 0 fully saturated rings. The average Bonchev–Trinajstić information content (AvgIpc) is 2.05. The summed E-state index contributed by atoms with van der Waals surface area (Å²) in [6.07, 6.45) is 0. The van der Waals surface area contributed by atoms with Crippen molar-refractivity contribution in [2.75, 3.05) is 0 Å². The Hall–Kier alpha value is -0.860. The minimum Gasteiger partial charge on any atom is -0.392 e. The molecule has 62 valence electrons. The molecule has 3 N–H and O–H groups in total. The van der Waals surface area contributed by atoms with E-state index < -0.39 is 0 Å². The van der Waals surface area contributed by atoms with Crippen molar-refractivity contribution in [3.05, 3.63) is 35.4 Å². The van der Waals surface area contributed by atoms with Gasteiger partial charge in [0.05, 0.1) is 6.61 Å². The van der Waals surface area contributed by atoms with E-state index in [0.29, 0.717) is 6.54 Å². The lowest BCUT2D eigenvalue weighted by molar-refractivity contribution is 0.281. The third-order valence-corrected chi connectivity index (χ3v) is 1.41. The van der Waals surface area contributed by atoms with Gasteiger partial charge in [0.15, 0.2) is 0 Å². The van der Waals surface area contributed by atoms with Crippen LogP contribution in [0.25, 0.3) is 0 Å². The zero-order valence-corrected chi connectivity index (χ0v) is 5.75. The fourth-order valence-corrected chi connectivity index (χ4v) is 0.855. The number of rotatable bonds is 2. The first-order valence-corrected chi connectivity index (χ1v) is 3.25. The molecule has 1 aromatic carbocycles. The van der Waals surface area contributed by atoms with E-state index in [2.05, 4.69) is 0 Å². The Morgan fingerprint density at radius 2 is 1.91 bits per heavy atom. The number of hydrogen-bond donors (Lipinski definition) is 2. The van der Waals surface area contributed by atoms with Crippen LogP contribution < -0.4 is 5.73 Å². The SMILES string of the molecule is C.NCc1cccc(CO)c1. The number of aliphatic hydroxyl groups excluding tert-OH is 1. The van der Waals surface area contributed by atoms with Crippen molar-refractivity contribution in [3.63, 3.8) is 0 Å². The zero-order valence-electron chi connectivity index (χ0n) is 5.75. The summed E-state index contributed by atoms with van der Waals surface area (Å²) in [4.78, 5) is 0. The fourth-order valence-electron chi connectivity index (χ4n) is 0.855. The normalized spacial score (nSPS) is 8.91. The van der Waals surface area contributed by atoms with Crippen LogP contribution in [0.1, 0.15) is 18.6 Å². The van der Waals surface area contributed by atoms with E-state index in [9.17, 15) is 0 Å². The predicted octanol–water partition coefficient (Wildman–Crippen LogP) is 1.27. The van der Waals surface area contributed by atoms with Crippen LogP contribution in [0.15, 0.2) is 24.3 Å². The van der Waals surface area contributed by atoms with Crippen molar-refractivity contribution in [3.8, 4) is 0 Å². The van der Waals surface area contributed by atoms with Crippen molar-refractivity contribution in [2.45, 2.75) is 20.6 Å². The first kappa shape index (κ1) is 10.1. The van der Waals surface area contributed by atoms with Gasteiger partial charge in [-0.15, -0.1) is 0 Å². The van der Waals surface area contributed by atoms with Gasteiger partial charge in [-0.2, -0.15) is 0 Å². The molecular formula is C9H15NO. The summed E-state index contributed by atoms with van der Waals surface area (Å²) >= 11 is 0. The van der Waals surface area contributed by atoms with Crippen LogP contribution in [0.2, 0.25) is 0 Å². The molecule has 0 spiro atoms. The molecule has 0 saturated heterocycles. The maximum atomic E-state index is 8.72. The lowest BCUT2D eigenvalue weighted by Crippen LogP contribution is -1.96. The molecule has 0 heterocycles. The Kier molecular flexibility index (Phi) is 4.50. The second kappa shape index (κ2) is 4.88. The fraction of sp³-hybridized carbons (Fsp3) is 0.333. The lowest BCUT2D eigenvalue weighted by atomic mass is 10.1. The monoisotopic (exact) mass is 153 g/mol.